The summed E-state index contributed by atoms with van der Waals surface area (Å²) in [7, 11) is 1.82. The van der Waals surface area contributed by atoms with Crippen molar-refractivity contribution < 1.29 is 4.74 Å². The lowest BCUT2D eigenvalue weighted by atomic mass is 9.98. The van der Waals surface area contributed by atoms with Gasteiger partial charge in [-0.15, -0.1) is 10.2 Å². The predicted octanol–water partition coefficient (Wildman–Crippen LogP) is 1.07. The SMILES string of the molecule is CN=C(NCC1CCCN(c2nccn3cnnc23)C1)NCC1(C)CCCO1. The average Bonchev–Trinajstić information content (AvgIpc) is 3.37. The number of nitrogens with one attached hydrogen (secondary N) is 2. The zero-order valence-electron chi connectivity index (χ0n) is 16.8. The van der Waals surface area contributed by atoms with E-state index < -0.39 is 0 Å². The minimum Gasteiger partial charge on any atom is -0.373 e. The molecule has 0 radical (unpaired) electrons. The van der Waals surface area contributed by atoms with E-state index in [-0.39, 0.29) is 5.60 Å². The van der Waals surface area contributed by atoms with Gasteiger partial charge in [-0.05, 0) is 38.5 Å². The zero-order valence-corrected chi connectivity index (χ0v) is 16.8. The second-order valence-corrected chi connectivity index (χ2v) is 7.98. The number of fused-ring (bicyclic) bond motifs is 1. The summed E-state index contributed by atoms with van der Waals surface area (Å²) in [5.74, 6) is 2.28. The largest absolute Gasteiger partial charge is 0.373 e. The van der Waals surface area contributed by atoms with Gasteiger partial charge in [0, 0.05) is 52.2 Å². The van der Waals surface area contributed by atoms with E-state index in [4.69, 9.17) is 4.74 Å². The van der Waals surface area contributed by atoms with Gasteiger partial charge in [0.2, 0.25) is 5.65 Å². The van der Waals surface area contributed by atoms with E-state index in [9.17, 15) is 0 Å². The third kappa shape index (κ3) is 4.19. The molecule has 0 aromatic carbocycles. The summed E-state index contributed by atoms with van der Waals surface area (Å²) in [6.07, 6.45) is 9.97. The Morgan fingerprint density at radius 2 is 2.32 bits per heavy atom. The van der Waals surface area contributed by atoms with Crippen LogP contribution in [0.15, 0.2) is 23.7 Å². The van der Waals surface area contributed by atoms with Crippen LogP contribution >= 0.6 is 0 Å². The molecule has 2 aliphatic rings. The van der Waals surface area contributed by atoms with E-state index >= 15 is 0 Å². The van der Waals surface area contributed by atoms with E-state index in [1.54, 1.807) is 6.33 Å². The highest BCUT2D eigenvalue weighted by Gasteiger charge is 2.30. The second kappa shape index (κ2) is 8.30. The van der Waals surface area contributed by atoms with Gasteiger partial charge in [0.1, 0.15) is 6.33 Å². The first kappa shape index (κ1) is 18.9. The fourth-order valence-electron chi connectivity index (χ4n) is 4.10. The Balaban J connectivity index is 1.31. The molecule has 0 saturated carbocycles. The number of aliphatic imine (C=N–C) groups is 1. The fourth-order valence-corrected chi connectivity index (χ4v) is 4.10. The van der Waals surface area contributed by atoms with Crippen molar-refractivity contribution in [1.29, 1.82) is 0 Å². The number of nitrogens with zero attached hydrogens (tertiary/aromatic N) is 6. The molecule has 2 aliphatic heterocycles. The van der Waals surface area contributed by atoms with Crippen molar-refractivity contribution in [3.63, 3.8) is 0 Å². The van der Waals surface area contributed by atoms with E-state index in [1.807, 2.05) is 23.8 Å². The van der Waals surface area contributed by atoms with Crippen LogP contribution in [0.3, 0.4) is 0 Å². The van der Waals surface area contributed by atoms with Crippen molar-refractivity contribution >= 4 is 17.4 Å². The Morgan fingerprint density at radius 3 is 3.14 bits per heavy atom. The zero-order chi connectivity index (χ0) is 19.4. The molecule has 2 unspecified atom stereocenters. The van der Waals surface area contributed by atoms with Crippen molar-refractivity contribution in [3.8, 4) is 0 Å². The minimum absolute atomic E-state index is 0.0815. The van der Waals surface area contributed by atoms with E-state index in [2.05, 4.69) is 42.6 Å². The topological polar surface area (TPSA) is 92.0 Å². The van der Waals surface area contributed by atoms with Crippen LogP contribution in [0, 0.1) is 5.92 Å². The number of piperidine rings is 1. The summed E-state index contributed by atoms with van der Waals surface area (Å²) in [6, 6.07) is 0. The Bertz CT molecular complexity index is 813. The van der Waals surface area contributed by atoms with Gasteiger partial charge in [0.05, 0.1) is 5.60 Å². The second-order valence-electron chi connectivity index (χ2n) is 7.98. The Labute approximate surface area is 165 Å². The van der Waals surface area contributed by atoms with Gasteiger partial charge < -0.3 is 20.3 Å². The molecule has 28 heavy (non-hydrogen) atoms. The summed E-state index contributed by atoms with van der Waals surface area (Å²) in [5.41, 5.74) is 0.736. The molecule has 9 nitrogen and oxygen atoms in total. The van der Waals surface area contributed by atoms with E-state index in [1.165, 1.54) is 6.42 Å². The normalized spacial score (nSPS) is 26.0. The first-order valence-corrected chi connectivity index (χ1v) is 10.1. The Kier molecular flexibility index (Phi) is 5.61. The molecule has 0 aliphatic carbocycles. The highest BCUT2D eigenvalue weighted by molar-refractivity contribution is 5.79. The van der Waals surface area contributed by atoms with E-state index in [0.717, 1.165) is 69.5 Å². The van der Waals surface area contributed by atoms with Gasteiger partial charge in [-0.3, -0.25) is 9.39 Å². The lowest BCUT2D eigenvalue weighted by molar-refractivity contribution is 0.0242. The first-order chi connectivity index (χ1) is 13.7. The number of hydrogen-bond donors (Lipinski definition) is 2. The molecule has 9 heteroatoms. The Morgan fingerprint density at radius 1 is 1.39 bits per heavy atom. The highest BCUT2D eigenvalue weighted by atomic mass is 16.5. The summed E-state index contributed by atoms with van der Waals surface area (Å²) in [4.78, 5) is 11.3. The van der Waals surface area contributed by atoms with Crippen LogP contribution in [-0.2, 0) is 4.74 Å². The Hall–Kier alpha value is -2.42. The summed E-state index contributed by atoms with van der Waals surface area (Å²) in [5, 5.41) is 15.1. The summed E-state index contributed by atoms with van der Waals surface area (Å²) < 4.78 is 7.77. The average molecular weight is 387 g/mol. The third-order valence-corrected chi connectivity index (χ3v) is 5.73. The van der Waals surface area contributed by atoms with Crippen LogP contribution in [0.1, 0.15) is 32.6 Å². The smallest absolute Gasteiger partial charge is 0.203 e. The van der Waals surface area contributed by atoms with Crippen LogP contribution in [0.5, 0.6) is 0 Å². The number of ether oxygens (including phenoxy) is 1. The molecule has 2 fully saturated rings. The number of guanidine groups is 1. The monoisotopic (exact) mass is 386 g/mol. The van der Waals surface area contributed by atoms with Gasteiger partial charge >= 0.3 is 0 Å². The first-order valence-electron chi connectivity index (χ1n) is 10.1. The molecule has 2 aromatic heterocycles. The lowest BCUT2D eigenvalue weighted by Crippen LogP contribution is -2.48. The molecule has 152 valence electrons. The number of rotatable bonds is 5. The number of anilines is 1. The molecular formula is C19H30N8O. The van der Waals surface area contributed by atoms with Gasteiger partial charge in [0.15, 0.2) is 11.8 Å². The molecule has 0 amide bonds. The molecule has 2 aromatic rings. The van der Waals surface area contributed by atoms with Gasteiger partial charge in [0.25, 0.3) is 0 Å². The molecule has 0 spiro atoms. The van der Waals surface area contributed by atoms with Gasteiger partial charge in [-0.1, -0.05) is 0 Å². The van der Waals surface area contributed by atoms with Crippen molar-refractivity contribution in [1.82, 2.24) is 30.2 Å². The fraction of sp³-hybridized carbons (Fsp3) is 0.684. The third-order valence-electron chi connectivity index (χ3n) is 5.73. The van der Waals surface area contributed by atoms with Crippen LogP contribution < -0.4 is 15.5 Å². The lowest BCUT2D eigenvalue weighted by Gasteiger charge is -2.34. The summed E-state index contributed by atoms with van der Waals surface area (Å²) >= 11 is 0. The maximum absolute atomic E-state index is 5.85. The van der Waals surface area contributed by atoms with Crippen molar-refractivity contribution in [2.75, 3.05) is 44.7 Å². The van der Waals surface area contributed by atoms with Crippen LogP contribution in [0.2, 0.25) is 0 Å². The minimum atomic E-state index is -0.0815. The molecule has 0 bridgehead atoms. The van der Waals surface area contributed by atoms with Gasteiger partial charge in [-0.2, -0.15) is 0 Å². The highest BCUT2D eigenvalue weighted by Crippen LogP contribution is 2.25. The van der Waals surface area contributed by atoms with Crippen LogP contribution in [-0.4, -0.2) is 71.0 Å². The van der Waals surface area contributed by atoms with Crippen molar-refractivity contribution in [2.24, 2.45) is 10.9 Å². The molecule has 4 heterocycles. The molecule has 2 saturated heterocycles. The van der Waals surface area contributed by atoms with Gasteiger partial charge in [-0.25, -0.2) is 4.98 Å². The van der Waals surface area contributed by atoms with Crippen molar-refractivity contribution in [2.45, 2.75) is 38.2 Å². The molecule has 4 rings (SSSR count). The quantitative estimate of drug-likeness (QED) is 0.587. The van der Waals surface area contributed by atoms with E-state index in [0.29, 0.717) is 5.92 Å². The predicted molar refractivity (Wildman–Crippen MR) is 109 cm³/mol. The number of hydrogen-bond acceptors (Lipinski definition) is 6. The van der Waals surface area contributed by atoms with Crippen LogP contribution in [0.25, 0.3) is 5.65 Å². The maximum Gasteiger partial charge on any atom is 0.203 e. The standard InChI is InChI=1S/C19H30N8O/c1-19(6-4-10-28-19)13-23-18(20-2)22-11-15-5-3-8-26(12-15)16-17-25-24-14-27(17)9-7-21-16/h7,9,14-15H,3-6,8,10-13H2,1-2H3,(H2,20,22,23). The number of aromatic nitrogens is 4. The molecular weight excluding hydrogens is 356 g/mol. The van der Waals surface area contributed by atoms with Crippen molar-refractivity contribution in [3.05, 3.63) is 18.7 Å². The maximum atomic E-state index is 5.85. The summed E-state index contributed by atoms with van der Waals surface area (Å²) in [6.45, 7) is 6.63. The van der Waals surface area contributed by atoms with Crippen LogP contribution in [0.4, 0.5) is 5.82 Å². The molecule has 2 N–H and O–H groups in total. The molecule has 2 atom stereocenters.